The van der Waals surface area contributed by atoms with E-state index in [1.165, 1.54) is 35.4 Å². The van der Waals surface area contributed by atoms with Crippen molar-refractivity contribution in [1.29, 1.82) is 0 Å². The Hall–Kier alpha value is 0.153. The Balaban J connectivity index is 1.96. The topological polar surface area (TPSA) is 0 Å². The monoisotopic (exact) mass is 440 g/mol. The van der Waals surface area contributed by atoms with Crippen molar-refractivity contribution in [2.75, 3.05) is 0 Å². The van der Waals surface area contributed by atoms with Crippen LogP contribution in [-0.4, -0.2) is 3.21 Å². The Labute approximate surface area is 139 Å². The Morgan fingerprint density at radius 2 is 1.06 bits per heavy atom. The number of benzene rings is 2. The van der Waals surface area contributed by atoms with Gasteiger partial charge in [0.2, 0.25) is 0 Å². The summed E-state index contributed by atoms with van der Waals surface area (Å²) >= 11 is 8.46. The zero-order valence-electron chi connectivity index (χ0n) is 9.79. The van der Waals surface area contributed by atoms with E-state index < -0.39 is 0 Å². The first-order valence-corrected chi connectivity index (χ1v) is 8.50. The summed E-state index contributed by atoms with van der Waals surface area (Å²) in [6.45, 7) is 0. The molecule has 0 bridgehead atoms. The van der Waals surface area contributed by atoms with Crippen molar-refractivity contribution in [3.8, 4) is 0 Å². The van der Waals surface area contributed by atoms with Crippen LogP contribution in [-0.2, 0) is 37.1 Å². The van der Waals surface area contributed by atoms with Gasteiger partial charge in [-0.1, -0.05) is 0 Å². The minimum atomic E-state index is 1.08. The van der Waals surface area contributed by atoms with Gasteiger partial charge < -0.3 is 0 Å². The quantitative estimate of drug-likeness (QED) is 0.642. The predicted molar refractivity (Wildman–Crippen MR) is 80.7 cm³/mol. The van der Waals surface area contributed by atoms with Crippen molar-refractivity contribution in [1.82, 2.24) is 0 Å². The first kappa shape index (κ1) is 14.6. The van der Waals surface area contributed by atoms with E-state index >= 15 is 0 Å². The average molecular weight is 443 g/mol. The molecule has 0 saturated carbocycles. The van der Waals surface area contributed by atoms with Crippen LogP contribution in [0.15, 0.2) is 57.5 Å². The molecule has 0 N–H and O–H groups in total. The summed E-state index contributed by atoms with van der Waals surface area (Å²) in [6.07, 6.45) is 2.17. The van der Waals surface area contributed by atoms with E-state index in [2.05, 4.69) is 80.4 Å². The summed E-state index contributed by atoms with van der Waals surface area (Å²) in [7, 11) is 0. The molecule has 18 heavy (non-hydrogen) atoms. The second-order valence-electron chi connectivity index (χ2n) is 4.21. The summed E-state index contributed by atoms with van der Waals surface area (Å²) < 4.78 is 3.86. The molecule has 0 fully saturated rings. The molecule has 0 saturated heterocycles. The Morgan fingerprint density at radius 3 is 1.39 bits per heavy atom. The van der Waals surface area contributed by atoms with E-state index in [1.54, 1.807) is 3.21 Å². The van der Waals surface area contributed by atoms with E-state index in [9.17, 15) is 0 Å². The number of rotatable bonds is 4. The van der Waals surface area contributed by atoms with E-state index in [1.807, 2.05) is 0 Å². The molecule has 0 nitrogen and oxygen atoms in total. The molecule has 0 aliphatic carbocycles. The molecule has 2 rings (SSSR count). The number of hydrogen-bond acceptors (Lipinski definition) is 0. The van der Waals surface area contributed by atoms with Crippen molar-refractivity contribution in [3.05, 3.63) is 68.6 Å². The first-order valence-electron chi connectivity index (χ1n) is 5.68. The number of halogens is 2. The van der Waals surface area contributed by atoms with Gasteiger partial charge in [-0.15, -0.1) is 0 Å². The van der Waals surface area contributed by atoms with Crippen LogP contribution in [0.25, 0.3) is 0 Å². The van der Waals surface area contributed by atoms with E-state index in [0.717, 1.165) is 21.8 Å². The Bertz CT molecular complexity index is 480. The summed E-state index contributed by atoms with van der Waals surface area (Å²) in [5, 5.41) is 0. The van der Waals surface area contributed by atoms with Crippen molar-refractivity contribution >= 4 is 35.1 Å². The molecule has 0 radical (unpaired) electrons. The van der Waals surface area contributed by atoms with Gasteiger partial charge in [-0.25, -0.2) is 0 Å². The van der Waals surface area contributed by atoms with E-state index in [-0.39, 0.29) is 0 Å². The molecule has 0 aliphatic rings. The maximum absolute atomic E-state index is 3.47. The maximum atomic E-state index is 3.47. The molecule has 2 aromatic rings. The summed E-state index contributed by atoms with van der Waals surface area (Å²) in [6, 6.07) is 17.2. The fraction of sp³-hybridized carbons (Fsp3) is 0.133. The molecule has 2 aromatic carbocycles. The molecule has 0 unspecified atom stereocenters. The predicted octanol–water partition coefficient (Wildman–Crippen LogP) is 4.72. The van der Waals surface area contributed by atoms with Gasteiger partial charge >= 0.3 is 141 Å². The first-order chi connectivity index (χ1) is 8.63. The average Bonchev–Trinajstić information content (AvgIpc) is 2.35. The zero-order chi connectivity index (χ0) is 13.0. The van der Waals surface area contributed by atoms with Crippen molar-refractivity contribution in [2.24, 2.45) is 0 Å². The normalized spacial score (nSPS) is 10.4. The zero-order valence-corrected chi connectivity index (χ0v) is 15.4. The molecule has 88 valence electrons. The second kappa shape index (κ2) is 7.07. The third-order valence-electron chi connectivity index (χ3n) is 2.66. The SMILES string of the molecule is Brc1ccc(C[C](=[Zr+2])Cc2ccc(Br)cc2)cc1. The van der Waals surface area contributed by atoms with Crippen LogP contribution in [0.5, 0.6) is 0 Å². The third kappa shape index (κ3) is 4.68. The molecule has 0 aromatic heterocycles. The van der Waals surface area contributed by atoms with Crippen LogP contribution in [0.1, 0.15) is 11.1 Å². The van der Waals surface area contributed by atoms with Gasteiger partial charge in [0, 0.05) is 0 Å². The van der Waals surface area contributed by atoms with Crippen molar-refractivity contribution in [3.63, 3.8) is 0 Å². The fourth-order valence-electron chi connectivity index (χ4n) is 1.76. The van der Waals surface area contributed by atoms with E-state index in [0.29, 0.717) is 0 Å². The molecular weight excluding hydrogens is 431 g/mol. The van der Waals surface area contributed by atoms with Crippen LogP contribution in [0, 0.1) is 0 Å². The van der Waals surface area contributed by atoms with Gasteiger partial charge in [-0.05, 0) is 0 Å². The minimum absolute atomic E-state index is 1.08. The fourth-order valence-corrected chi connectivity index (χ4v) is 3.29. The van der Waals surface area contributed by atoms with Crippen LogP contribution < -0.4 is 0 Å². The Kier molecular flexibility index (Phi) is 5.72. The molecule has 0 heterocycles. The molecule has 0 spiro atoms. The van der Waals surface area contributed by atoms with Gasteiger partial charge in [-0.2, -0.15) is 0 Å². The van der Waals surface area contributed by atoms with Gasteiger partial charge in [0.25, 0.3) is 0 Å². The van der Waals surface area contributed by atoms with Crippen LogP contribution in [0.3, 0.4) is 0 Å². The van der Waals surface area contributed by atoms with Gasteiger partial charge in [0.15, 0.2) is 0 Å². The Morgan fingerprint density at radius 1 is 0.722 bits per heavy atom. The second-order valence-corrected chi connectivity index (χ2v) is 7.78. The van der Waals surface area contributed by atoms with E-state index in [4.69, 9.17) is 0 Å². The molecule has 0 atom stereocenters. The van der Waals surface area contributed by atoms with Gasteiger partial charge in [-0.3, -0.25) is 0 Å². The summed E-state index contributed by atoms with van der Waals surface area (Å²) in [5.74, 6) is 0. The molecule has 3 heteroatoms. The molecular formula is C15H12Br2Zr+2. The summed E-state index contributed by atoms with van der Waals surface area (Å²) in [4.78, 5) is 0. The van der Waals surface area contributed by atoms with Gasteiger partial charge in [0.05, 0.1) is 0 Å². The van der Waals surface area contributed by atoms with Gasteiger partial charge in [0.1, 0.15) is 0 Å². The van der Waals surface area contributed by atoms with Crippen molar-refractivity contribution < 1.29 is 24.2 Å². The van der Waals surface area contributed by atoms with Crippen LogP contribution in [0.2, 0.25) is 0 Å². The van der Waals surface area contributed by atoms with Crippen molar-refractivity contribution in [2.45, 2.75) is 12.8 Å². The van der Waals surface area contributed by atoms with Crippen LogP contribution >= 0.6 is 31.9 Å². The number of hydrogen-bond donors (Lipinski definition) is 0. The standard InChI is InChI=1S/C15H12Br2.Zr/c16-14-8-4-12(5-9-14)2-1-3-13-6-10-15(17)11-7-13;/h4-11H,2-3H2;/q;+2. The summed E-state index contributed by atoms with van der Waals surface area (Å²) in [5.41, 5.74) is 2.78. The molecule has 0 aliphatic heterocycles. The van der Waals surface area contributed by atoms with Crippen LogP contribution in [0.4, 0.5) is 0 Å². The molecule has 0 amide bonds. The third-order valence-corrected chi connectivity index (χ3v) is 4.59.